The molecule has 0 saturated carbocycles. The summed E-state index contributed by atoms with van der Waals surface area (Å²) in [7, 11) is 0. The van der Waals surface area contributed by atoms with Crippen LogP contribution in [0.25, 0.3) is 6.08 Å². The summed E-state index contributed by atoms with van der Waals surface area (Å²) in [5, 5.41) is 8.34. The highest BCUT2D eigenvalue weighted by atomic mass is 19.1. The number of carboxylic acids is 1. The molecule has 0 fully saturated rings. The maximum absolute atomic E-state index is 12.7. The first kappa shape index (κ1) is 11.4. The van der Waals surface area contributed by atoms with Crippen molar-refractivity contribution >= 4 is 12.0 Å². The van der Waals surface area contributed by atoms with E-state index in [0.717, 1.165) is 11.6 Å². The van der Waals surface area contributed by atoms with Crippen LogP contribution in [0.1, 0.15) is 30.9 Å². The lowest BCUT2D eigenvalue weighted by Crippen LogP contribution is -1.94. The van der Waals surface area contributed by atoms with Gasteiger partial charge in [0.1, 0.15) is 0 Å². The summed E-state index contributed by atoms with van der Waals surface area (Å²) >= 11 is 0. The van der Waals surface area contributed by atoms with Crippen LogP contribution in [0.3, 0.4) is 0 Å². The number of carbonyl (C=O) groups is 1. The van der Waals surface area contributed by atoms with Gasteiger partial charge in [-0.3, -0.25) is 0 Å². The predicted molar refractivity (Wildman–Crippen MR) is 57.3 cm³/mol. The van der Waals surface area contributed by atoms with Crippen LogP contribution in [0.4, 0.5) is 4.39 Å². The zero-order valence-electron chi connectivity index (χ0n) is 8.70. The zero-order valence-corrected chi connectivity index (χ0v) is 8.70. The summed E-state index contributed by atoms with van der Waals surface area (Å²) in [5.41, 5.74) is 1.70. The van der Waals surface area contributed by atoms with E-state index in [9.17, 15) is 9.18 Å². The Bertz CT molecular complexity index is 377. The van der Waals surface area contributed by atoms with E-state index in [-0.39, 0.29) is 0 Å². The molecule has 0 saturated heterocycles. The van der Waals surface area contributed by atoms with E-state index in [2.05, 4.69) is 13.8 Å². The van der Waals surface area contributed by atoms with E-state index < -0.39 is 11.8 Å². The summed E-state index contributed by atoms with van der Waals surface area (Å²) in [5.74, 6) is -2.28. The lowest BCUT2D eigenvalue weighted by molar-refractivity contribution is -0.134. The van der Waals surface area contributed by atoms with Gasteiger partial charge in [0.25, 0.3) is 0 Å². The van der Waals surface area contributed by atoms with Crippen molar-refractivity contribution in [2.75, 3.05) is 0 Å². The van der Waals surface area contributed by atoms with Gasteiger partial charge in [-0.25, -0.2) is 4.79 Å². The van der Waals surface area contributed by atoms with Crippen LogP contribution in [-0.4, -0.2) is 11.1 Å². The first-order valence-corrected chi connectivity index (χ1v) is 4.71. The molecule has 0 atom stereocenters. The monoisotopic (exact) mass is 208 g/mol. The van der Waals surface area contributed by atoms with Crippen molar-refractivity contribution in [1.29, 1.82) is 0 Å². The number of hydrogen-bond donors (Lipinski definition) is 1. The van der Waals surface area contributed by atoms with E-state index in [4.69, 9.17) is 5.11 Å². The first-order chi connectivity index (χ1) is 7.00. The van der Waals surface area contributed by atoms with Crippen molar-refractivity contribution in [2.24, 2.45) is 0 Å². The van der Waals surface area contributed by atoms with Crippen molar-refractivity contribution in [3.63, 3.8) is 0 Å². The van der Waals surface area contributed by atoms with Crippen LogP contribution in [0.2, 0.25) is 0 Å². The molecule has 80 valence electrons. The number of aliphatic carboxylic acids is 1. The summed E-state index contributed by atoms with van der Waals surface area (Å²) in [6.45, 7) is 4.12. The fourth-order valence-electron chi connectivity index (χ4n) is 1.19. The molecule has 0 radical (unpaired) electrons. The molecule has 0 aliphatic carbocycles. The molecule has 15 heavy (non-hydrogen) atoms. The maximum Gasteiger partial charge on any atom is 0.364 e. The third-order valence-electron chi connectivity index (χ3n) is 2.10. The lowest BCUT2D eigenvalue weighted by atomic mass is 10.0. The quantitative estimate of drug-likeness (QED) is 0.774. The minimum Gasteiger partial charge on any atom is -0.476 e. The van der Waals surface area contributed by atoms with Crippen molar-refractivity contribution in [3.05, 3.63) is 41.2 Å². The Morgan fingerprint density at radius 3 is 2.27 bits per heavy atom. The Kier molecular flexibility index (Phi) is 3.61. The fourth-order valence-corrected chi connectivity index (χ4v) is 1.19. The predicted octanol–water partition coefficient (Wildman–Crippen LogP) is 3.21. The van der Waals surface area contributed by atoms with Crippen LogP contribution < -0.4 is 0 Å². The van der Waals surface area contributed by atoms with Crippen LogP contribution >= 0.6 is 0 Å². The standard InChI is InChI=1S/C12H13FO2/c1-8(2)10-5-3-9(4-6-10)7-11(13)12(14)15/h3-8H,1-2H3,(H,14,15)/b11-7-. The van der Waals surface area contributed by atoms with Crippen molar-refractivity contribution in [2.45, 2.75) is 19.8 Å². The third kappa shape index (κ3) is 3.20. The van der Waals surface area contributed by atoms with Gasteiger partial charge in [-0.1, -0.05) is 38.1 Å². The highest BCUT2D eigenvalue weighted by Crippen LogP contribution is 2.16. The third-order valence-corrected chi connectivity index (χ3v) is 2.10. The van der Waals surface area contributed by atoms with Gasteiger partial charge in [-0.05, 0) is 23.1 Å². The van der Waals surface area contributed by atoms with E-state index in [0.29, 0.717) is 11.5 Å². The normalized spacial score (nSPS) is 11.9. The Morgan fingerprint density at radius 2 is 1.87 bits per heavy atom. The minimum absolute atomic E-state index is 0.410. The zero-order chi connectivity index (χ0) is 11.4. The smallest absolute Gasteiger partial charge is 0.364 e. The molecule has 1 N–H and O–H groups in total. The number of hydrogen-bond acceptors (Lipinski definition) is 1. The summed E-state index contributed by atoms with van der Waals surface area (Å²) < 4.78 is 12.7. The molecule has 0 aromatic heterocycles. The molecule has 0 unspecified atom stereocenters. The van der Waals surface area contributed by atoms with E-state index in [1.807, 2.05) is 12.1 Å². The number of carboxylic acid groups (broad SMARTS) is 1. The van der Waals surface area contributed by atoms with Gasteiger partial charge < -0.3 is 5.11 Å². The Morgan fingerprint density at radius 1 is 1.33 bits per heavy atom. The van der Waals surface area contributed by atoms with Gasteiger partial charge >= 0.3 is 5.97 Å². The van der Waals surface area contributed by atoms with Crippen LogP contribution in [0, 0.1) is 0 Å². The molecular formula is C12H13FO2. The summed E-state index contributed by atoms with van der Waals surface area (Å²) in [4.78, 5) is 10.2. The fraction of sp³-hybridized carbons (Fsp3) is 0.250. The molecule has 2 nitrogen and oxygen atoms in total. The lowest BCUT2D eigenvalue weighted by Gasteiger charge is -2.04. The van der Waals surface area contributed by atoms with Gasteiger partial charge in [0.05, 0.1) is 0 Å². The van der Waals surface area contributed by atoms with Crippen LogP contribution in [0.15, 0.2) is 30.1 Å². The Balaban J connectivity index is 2.90. The number of benzene rings is 1. The second-order valence-electron chi connectivity index (χ2n) is 3.62. The molecule has 1 aromatic carbocycles. The average Bonchev–Trinajstić information content (AvgIpc) is 2.18. The highest BCUT2D eigenvalue weighted by molar-refractivity contribution is 5.89. The molecule has 0 heterocycles. The molecule has 1 aromatic rings. The molecule has 0 spiro atoms. The topological polar surface area (TPSA) is 37.3 Å². The molecule has 1 rings (SSSR count). The van der Waals surface area contributed by atoms with Crippen molar-refractivity contribution in [3.8, 4) is 0 Å². The first-order valence-electron chi connectivity index (χ1n) is 4.71. The number of rotatable bonds is 3. The van der Waals surface area contributed by atoms with Gasteiger partial charge in [0.15, 0.2) is 0 Å². The molecule has 0 aliphatic heterocycles. The molecule has 0 amide bonds. The van der Waals surface area contributed by atoms with Crippen molar-refractivity contribution < 1.29 is 14.3 Å². The Hall–Kier alpha value is -1.64. The van der Waals surface area contributed by atoms with Gasteiger partial charge in [-0.15, -0.1) is 0 Å². The van der Waals surface area contributed by atoms with Crippen LogP contribution in [0.5, 0.6) is 0 Å². The van der Waals surface area contributed by atoms with Gasteiger partial charge in [0, 0.05) is 0 Å². The Labute approximate surface area is 88.1 Å². The van der Waals surface area contributed by atoms with E-state index in [1.165, 1.54) is 0 Å². The average molecular weight is 208 g/mol. The molecule has 0 bridgehead atoms. The SMILES string of the molecule is CC(C)c1ccc(/C=C(\F)C(=O)O)cc1. The second kappa shape index (κ2) is 4.73. The minimum atomic E-state index is -1.54. The number of halogens is 1. The van der Waals surface area contributed by atoms with E-state index in [1.54, 1.807) is 12.1 Å². The van der Waals surface area contributed by atoms with Crippen molar-refractivity contribution in [1.82, 2.24) is 0 Å². The van der Waals surface area contributed by atoms with E-state index >= 15 is 0 Å². The summed E-state index contributed by atoms with van der Waals surface area (Å²) in [6.07, 6.45) is 1.01. The molecule has 3 heteroatoms. The summed E-state index contributed by atoms with van der Waals surface area (Å²) in [6, 6.07) is 7.15. The molecular weight excluding hydrogens is 195 g/mol. The largest absolute Gasteiger partial charge is 0.476 e. The van der Waals surface area contributed by atoms with Gasteiger partial charge in [0.2, 0.25) is 5.83 Å². The maximum atomic E-state index is 12.7. The molecule has 0 aliphatic rings. The van der Waals surface area contributed by atoms with Gasteiger partial charge in [-0.2, -0.15) is 4.39 Å². The van der Waals surface area contributed by atoms with Crippen LogP contribution in [-0.2, 0) is 4.79 Å². The second-order valence-corrected chi connectivity index (χ2v) is 3.62. The highest BCUT2D eigenvalue weighted by Gasteiger charge is 2.05.